The molecule has 0 aliphatic carbocycles. The molecule has 0 aromatic rings. The summed E-state index contributed by atoms with van der Waals surface area (Å²) >= 11 is 0. The van der Waals surface area contributed by atoms with E-state index >= 15 is 0 Å². The monoisotopic (exact) mass is 662 g/mol. The van der Waals surface area contributed by atoms with E-state index in [1.54, 1.807) is 0 Å². The lowest BCUT2D eigenvalue weighted by atomic mass is 10.1. The van der Waals surface area contributed by atoms with Crippen molar-refractivity contribution in [1.82, 2.24) is 0 Å². The van der Waals surface area contributed by atoms with Crippen LogP contribution in [0.5, 0.6) is 0 Å². The molecule has 0 spiro atoms. The van der Waals surface area contributed by atoms with Gasteiger partial charge in [0.05, 0.1) is 6.61 Å². The molecule has 0 heterocycles. The zero-order chi connectivity index (χ0) is 34.0. The molecule has 0 radical (unpaired) electrons. The zero-order valence-corrected chi connectivity index (χ0v) is 29.1. The molecule has 0 bridgehead atoms. The number of phosphoric acid groups is 1. The summed E-state index contributed by atoms with van der Waals surface area (Å²) in [7, 11) is -4.77. The van der Waals surface area contributed by atoms with Crippen LogP contribution in [-0.2, 0) is 28.2 Å². The highest BCUT2D eigenvalue weighted by Crippen LogP contribution is 2.35. The van der Waals surface area contributed by atoms with Gasteiger partial charge in [-0.15, -0.1) is 0 Å². The lowest BCUT2D eigenvalue weighted by molar-refractivity contribution is -0.161. The Morgan fingerprint density at radius 3 is 1.83 bits per heavy atom. The number of rotatable bonds is 29. The first kappa shape index (κ1) is 43.2. The molecular formula is C37H59O8P. The summed E-state index contributed by atoms with van der Waals surface area (Å²) in [6, 6.07) is 0. The van der Waals surface area contributed by atoms with Crippen LogP contribution in [0.15, 0.2) is 85.1 Å². The van der Waals surface area contributed by atoms with Crippen molar-refractivity contribution in [2.75, 3.05) is 13.2 Å². The number of hydrogen-bond donors (Lipinski definition) is 2. The molecular weight excluding hydrogens is 603 g/mol. The standard InChI is InChI=1S/C37H59O8P/c1-3-5-7-9-11-13-15-17-18-20-21-23-25-27-29-31-36(38)43-33-35(34-44-46(40,41)42)45-37(39)32-30-28-26-24-22-19-16-14-12-10-8-6-4-2/h5,7,9,11,13,15,17-22,26,28,35H,3-4,6,8,10,12,14,16,23-25,27,29-34H2,1-2H3,(H2,40,41,42)/b7-5+,11-9+,15-13+,18-17+,21-20+,22-19+,28-26+. The maximum Gasteiger partial charge on any atom is 0.469 e. The number of allylic oxidation sites excluding steroid dienone is 14. The summed E-state index contributed by atoms with van der Waals surface area (Å²) in [5.74, 6) is -1.02. The Labute approximate surface area is 278 Å². The first-order valence-electron chi connectivity index (χ1n) is 16.9. The van der Waals surface area contributed by atoms with Crippen LogP contribution < -0.4 is 0 Å². The fourth-order valence-corrected chi connectivity index (χ4v) is 4.39. The molecule has 0 saturated carbocycles. The number of esters is 2. The first-order valence-corrected chi connectivity index (χ1v) is 18.5. The second-order valence-electron chi connectivity index (χ2n) is 10.9. The van der Waals surface area contributed by atoms with Crippen molar-refractivity contribution < 1.29 is 37.9 Å². The Hall–Kier alpha value is -2.77. The highest BCUT2D eigenvalue weighted by atomic mass is 31.2. The van der Waals surface area contributed by atoms with E-state index in [-0.39, 0.29) is 19.4 Å². The summed E-state index contributed by atoms with van der Waals surface area (Å²) in [6.07, 6.45) is 41.8. The summed E-state index contributed by atoms with van der Waals surface area (Å²) in [5.41, 5.74) is 0. The predicted octanol–water partition coefficient (Wildman–Crippen LogP) is 9.73. The van der Waals surface area contributed by atoms with Gasteiger partial charge in [0, 0.05) is 12.8 Å². The third-order valence-corrected chi connectivity index (χ3v) is 7.02. The normalized spacial score (nSPS) is 13.6. The maximum absolute atomic E-state index is 12.3. The quantitative estimate of drug-likeness (QED) is 0.0267. The molecule has 0 saturated heterocycles. The van der Waals surface area contributed by atoms with Gasteiger partial charge >= 0.3 is 19.8 Å². The Balaban J connectivity index is 4.22. The Bertz CT molecular complexity index is 1020. The van der Waals surface area contributed by atoms with Crippen molar-refractivity contribution >= 4 is 19.8 Å². The van der Waals surface area contributed by atoms with E-state index in [9.17, 15) is 14.2 Å². The number of phosphoric ester groups is 1. The van der Waals surface area contributed by atoms with Crippen LogP contribution in [0, 0.1) is 0 Å². The summed E-state index contributed by atoms with van der Waals surface area (Å²) in [6.45, 7) is 3.40. The number of carbonyl (C=O) groups excluding carboxylic acids is 2. The fourth-order valence-electron chi connectivity index (χ4n) is 4.03. The Morgan fingerprint density at radius 2 is 1.17 bits per heavy atom. The summed E-state index contributed by atoms with van der Waals surface area (Å²) in [5, 5.41) is 0. The van der Waals surface area contributed by atoms with Gasteiger partial charge in [-0.25, -0.2) is 4.57 Å². The minimum absolute atomic E-state index is 0.0908. The van der Waals surface area contributed by atoms with E-state index in [0.717, 1.165) is 38.5 Å². The molecule has 0 rings (SSSR count). The van der Waals surface area contributed by atoms with Crippen molar-refractivity contribution in [3.05, 3.63) is 85.1 Å². The van der Waals surface area contributed by atoms with Crippen LogP contribution in [0.3, 0.4) is 0 Å². The van der Waals surface area contributed by atoms with Gasteiger partial charge < -0.3 is 19.3 Å². The van der Waals surface area contributed by atoms with Gasteiger partial charge in [0.25, 0.3) is 0 Å². The summed E-state index contributed by atoms with van der Waals surface area (Å²) < 4.78 is 26.1. The predicted molar refractivity (Wildman–Crippen MR) is 188 cm³/mol. The third kappa shape index (κ3) is 34.1. The van der Waals surface area contributed by atoms with Gasteiger partial charge in [-0.1, -0.05) is 137 Å². The number of ether oxygens (including phenoxy) is 2. The molecule has 0 aliphatic rings. The Morgan fingerprint density at radius 1 is 0.609 bits per heavy atom. The largest absolute Gasteiger partial charge is 0.469 e. The topological polar surface area (TPSA) is 119 Å². The van der Waals surface area contributed by atoms with Crippen LogP contribution in [0.1, 0.15) is 117 Å². The second kappa shape index (κ2) is 32.2. The Kier molecular flexibility index (Phi) is 30.2. The van der Waals surface area contributed by atoms with Crippen LogP contribution >= 0.6 is 7.82 Å². The molecule has 0 fully saturated rings. The lowest BCUT2D eigenvalue weighted by Gasteiger charge is -2.18. The molecule has 0 aliphatic heterocycles. The average molecular weight is 663 g/mol. The number of unbranched alkanes of at least 4 members (excludes halogenated alkanes) is 9. The molecule has 1 atom stereocenters. The number of hydrogen-bond acceptors (Lipinski definition) is 6. The smallest absolute Gasteiger partial charge is 0.462 e. The fraction of sp³-hybridized carbons (Fsp3) is 0.568. The zero-order valence-electron chi connectivity index (χ0n) is 28.2. The van der Waals surface area contributed by atoms with Crippen LogP contribution in [0.4, 0.5) is 0 Å². The van der Waals surface area contributed by atoms with Crippen molar-refractivity contribution in [1.29, 1.82) is 0 Å². The molecule has 9 heteroatoms. The molecule has 0 aromatic carbocycles. The molecule has 8 nitrogen and oxygen atoms in total. The molecule has 2 N–H and O–H groups in total. The van der Waals surface area contributed by atoms with Crippen molar-refractivity contribution in [3.8, 4) is 0 Å². The third-order valence-electron chi connectivity index (χ3n) is 6.54. The lowest BCUT2D eigenvalue weighted by Crippen LogP contribution is -2.29. The van der Waals surface area contributed by atoms with Gasteiger partial charge in [0.2, 0.25) is 0 Å². The SMILES string of the molecule is CC/C=C/C=C/C=C/C=C/C=C/CCCCCC(=O)OCC(COP(=O)(O)O)OC(=O)CC/C=C/C/C=C/CCCCCCCC. The van der Waals surface area contributed by atoms with Crippen LogP contribution in [0.2, 0.25) is 0 Å². The van der Waals surface area contributed by atoms with E-state index in [2.05, 4.69) is 42.7 Å². The van der Waals surface area contributed by atoms with Crippen LogP contribution in [0.25, 0.3) is 0 Å². The van der Waals surface area contributed by atoms with E-state index in [0.29, 0.717) is 12.8 Å². The van der Waals surface area contributed by atoms with Gasteiger partial charge in [-0.2, -0.15) is 0 Å². The minimum atomic E-state index is -4.77. The maximum atomic E-state index is 12.3. The van der Waals surface area contributed by atoms with E-state index in [4.69, 9.17) is 19.3 Å². The minimum Gasteiger partial charge on any atom is -0.462 e. The summed E-state index contributed by atoms with van der Waals surface area (Å²) in [4.78, 5) is 42.5. The van der Waals surface area contributed by atoms with E-state index < -0.39 is 32.5 Å². The molecule has 0 amide bonds. The van der Waals surface area contributed by atoms with Gasteiger partial charge in [0.1, 0.15) is 6.61 Å². The first-order chi connectivity index (χ1) is 22.3. The van der Waals surface area contributed by atoms with Crippen molar-refractivity contribution in [3.63, 3.8) is 0 Å². The molecule has 46 heavy (non-hydrogen) atoms. The van der Waals surface area contributed by atoms with Gasteiger partial charge in [-0.3, -0.25) is 14.1 Å². The van der Waals surface area contributed by atoms with E-state index in [1.807, 2.05) is 60.8 Å². The van der Waals surface area contributed by atoms with Gasteiger partial charge in [0.15, 0.2) is 6.10 Å². The van der Waals surface area contributed by atoms with E-state index in [1.165, 1.54) is 38.5 Å². The van der Waals surface area contributed by atoms with Crippen LogP contribution in [-0.4, -0.2) is 41.0 Å². The highest BCUT2D eigenvalue weighted by molar-refractivity contribution is 7.46. The molecule has 0 aromatic heterocycles. The van der Waals surface area contributed by atoms with Gasteiger partial charge in [-0.05, 0) is 51.4 Å². The second-order valence-corrected chi connectivity index (χ2v) is 12.1. The average Bonchev–Trinajstić information content (AvgIpc) is 3.02. The highest BCUT2D eigenvalue weighted by Gasteiger charge is 2.22. The van der Waals surface area contributed by atoms with Crippen molar-refractivity contribution in [2.24, 2.45) is 0 Å². The number of carbonyl (C=O) groups is 2. The van der Waals surface area contributed by atoms with Crippen molar-refractivity contribution in [2.45, 2.75) is 123 Å². The molecule has 1 unspecified atom stereocenters. The molecule has 260 valence electrons.